The van der Waals surface area contributed by atoms with E-state index >= 15 is 0 Å². The smallest absolute Gasteiger partial charge is 0.271 e. The number of anilines is 1. The highest BCUT2D eigenvalue weighted by atomic mass is 35.5. The second-order valence-electron chi connectivity index (χ2n) is 3.56. The van der Waals surface area contributed by atoms with Crippen LogP contribution in [0.5, 0.6) is 0 Å². The summed E-state index contributed by atoms with van der Waals surface area (Å²) < 4.78 is 0. The first-order valence-corrected chi connectivity index (χ1v) is 5.51. The number of halogens is 1. The van der Waals surface area contributed by atoms with Gasteiger partial charge in [0, 0.05) is 13.1 Å². The van der Waals surface area contributed by atoms with Crippen molar-refractivity contribution in [1.82, 2.24) is 15.3 Å². The minimum absolute atomic E-state index is 0.108. The molecular formula is C10H13ClN4O. The molecule has 0 unspecified atom stereocenters. The van der Waals surface area contributed by atoms with Gasteiger partial charge in [0.05, 0.1) is 6.33 Å². The summed E-state index contributed by atoms with van der Waals surface area (Å²) in [6.07, 6.45) is 4.48. The zero-order valence-electron chi connectivity index (χ0n) is 8.72. The van der Waals surface area contributed by atoms with Gasteiger partial charge >= 0.3 is 0 Å². The second kappa shape index (κ2) is 5.14. The zero-order valence-corrected chi connectivity index (χ0v) is 9.47. The Kier molecular flexibility index (Phi) is 3.58. The molecule has 1 aromatic rings. The van der Waals surface area contributed by atoms with Crippen molar-refractivity contribution in [2.75, 3.05) is 25.0 Å². The maximum absolute atomic E-state index is 11.2. The first kappa shape index (κ1) is 11.2. The van der Waals surface area contributed by atoms with Gasteiger partial charge in [0.25, 0.3) is 5.56 Å². The normalized spacial score (nSPS) is 15.7. The highest BCUT2D eigenvalue weighted by Crippen LogP contribution is 2.13. The average Bonchev–Trinajstić information content (AvgIpc) is 2.32. The predicted molar refractivity (Wildman–Crippen MR) is 63.9 cm³/mol. The largest absolute Gasteiger partial charge is 0.365 e. The van der Waals surface area contributed by atoms with Gasteiger partial charge in [0.15, 0.2) is 5.82 Å². The molecule has 1 aromatic heterocycles. The van der Waals surface area contributed by atoms with Crippen molar-refractivity contribution in [3.63, 3.8) is 0 Å². The van der Waals surface area contributed by atoms with Crippen LogP contribution in [0, 0.1) is 0 Å². The van der Waals surface area contributed by atoms with E-state index in [9.17, 15) is 4.79 Å². The fourth-order valence-corrected chi connectivity index (χ4v) is 1.70. The molecular weight excluding hydrogens is 228 g/mol. The van der Waals surface area contributed by atoms with Crippen LogP contribution < -0.4 is 16.2 Å². The molecule has 0 aromatic carbocycles. The Balaban J connectivity index is 2.02. The minimum Gasteiger partial charge on any atom is -0.365 e. The number of aromatic nitrogens is 2. The summed E-state index contributed by atoms with van der Waals surface area (Å²) >= 11 is 5.81. The van der Waals surface area contributed by atoms with E-state index in [1.54, 1.807) is 0 Å². The third kappa shape index (κ3) is 2.62. The lowest BCUT2D eigenvalue weighted by Gasteiger charge is -2.14. The summed E-state index contributed by atoms with van der Waals surface area (Å²) in [5.41, 5.74) is 0.982. The first-order valence-electron chi connectivity index (χ1n) is 5.13. The molecule has 0 saturated carbocycles. The van der Waals surface area contributed by atoms with E-state index in [0.717, 1.165) is 19.5 Å². The van der Waals surface area contributed by atoms with Crippen molar-refractivity contribution in [2.45, 2.75) is 6.42 Å². The summed E-state index contributed by atoms with van der Waals surface area (Å²) in [5, 5.41) is 6.41. The van der Waals surface area contributed by atoms with E-state index in [0.29, 0.717) is 12.4 Å². The molecule has 0 fully saturated rings. The van der Waals surface area contributed by atoms with E-state index in [2.05, 4.69) is 26.7 Å². The van der Waals surface area contributed by atoms with Gasteiger partial charge in [0.1, 0.15) is 5.02 Å². The van der Waals surface area contributed by atoms with Gasteiger partial charge in [-0.25, -0.2) is 4.98 Å². The monoisotopic (exact) mass is 240 g/mol. The lowest BCUT2D eigenvalue weighted by molar-refractivity contribution is 0.697. The van der Waals surface area contributed by atoms with Crippen LogP contribution in [0.4, 0.5) is 5.82 Å². The minimum atomic E-state index is -0.321. The fourth-order valence-electron chi connectivity index (χ4n) is 1.53. The first-order chi connectivity index (χ1) is 7.77. The topological polar surface area (TPSA) is 69.8 Å². The average molecular weight is 241 g/mol. The van der Waals surface area contributed by atoms with Crippen LogP contribution in [-0.4, -0.2) is 29.6 Å². The van der Waals surface area contributed by atoms with E-state index in [1.165, 1.54) is 11.9 Å². The number of H-pyrrole nitrogens is 1. The Morgan fingerprint density at radius 2 is 2.44 bits per heavy atom. The molecule has 0 bridgehead atoms. The Hall–Kier alpha value is -1.33. The molecule has 2 rings (SSSR count). The van der Waals surface area contributed by atoms with Crippen molar-refractivity contribution in [3.8, 4) is 0 Å². The molecule has 1 aliphatic heterocycles. The SMILES string of the molecule is O=c1[nH]cnc(NCC2=CCNCC2)c1Cl. The van der Waals surface area contributed by atoms with E-state index < -0.39 is 0 Å². The van der Waals surface area contributed by atoms with E-state index in [1.807, 2.05) is 0 Å². The van der Waals surface area contributed by atoms with Crippen molar-refractivity contribution in [3.05, 3.63) is 33.4 Å². The van der Waals surface area contributed by atoms with E-state index in [-0.39, 0.29) is 10.6 Å². The number of aromatic amines is 1. The number of hydrogen-bond acceptors (Lipinski definition) is 4. The second-order valence-corrected chi connectivity index (χ2v) is 3.94. The summed E-state index contributed by atoms with van der Waals surface area (Å²) in [5.74, 6) is 0.435. The highest BCUT2D eigenvalue weighted by molar-refractivity contribution is 6.32. The molecule has 0 amide bonds. The van der Waals surface area contributed by atoms with Crippen LogP contribution in [-0.2, 0) is 0 Å². The summed E-state index contributed by atoms with van der Waals surface area (Å²) in [4.78, 5) is 17.6. The van der Waals surface area contributed by atoms with E-state index in [4.69, 9.17) is 11.6 Å². The molecule has 0 aliphatic carbocycles. The quantitative estimate of drug-likeness (QED) is 0.682. The molecule has 0 spiro atoms. The predicted octanol–water partition coefficient (Wildman–Crippen LogP) is 0.755. The molecule has 1 aliphatic rings. The van der Waals surface area contributed by atoms with Gasteiger partial charge in [0.2, 0.25) is 0 Å². The molecule has 3 N–H and O–H groups in total. The lowest BCUT2D eigenvalue weighted by atomic mass is 10.1. The van der Waals surface area contributed by atoms with Gasteiger partial charge in [-0.1, -0.05) is 23.3 Å². The summed E-state index contributed by atoms with van der Waals surface area (Å²) in [7, 11) is 0. The Morgan fingerprint density at radius 1 is 1.56 bits per heavy atom. The molecule has 0 atom stereocenters. The third-order valence-electron chi connectivity index (χ3n) is 2.44. The van der Waals surface area contributed by atoms with Crippen LogP contribution >= 0.6 is 11.6 Å². The van der Waals surface area contributed by atoms with Crippen molar-refractivity contribution in [1.29, 1.82) is 0 Å². The molecule has 5 nitrogen and oxygen atoms in total. The Morgan fingerprint density at radius 3 is 3.19 bits per heavy atom. The van der Waals surface area contributed by atoms with Gasteiger partial charge in [-0.05, 0) is 13.0 Å². The standard InChI is InChI=1S/C10H13ClN4O/c11-8-9(14-6-15-10(8)16)13-5-7-1-3-12-4-2-7/h1,6,12H,2-5H2,(H2,13,14,15,16). The Labute approximate surface area is 97.9 Å². The lowest BCUT2D eigenvalue weighted by Crippen LogP contribution is -2.23. The van der Waals surface area contributed by atoms with Crippen molar-refractivity contribution < 1.29 is 0 Å². The zero-order chi connectivity index (χ0) is 11.4. The van der Waals surface area contributed by atoms with Crippen LogP contribution in [0.2, 0.25) is 5.02 Å². The molecule has 0 saturated heterocycles. The third-order valence-corrected chi connectivity index (χ3v) is 2.79. The number of rotatable bonds is 3. The van der Waals surface area contributed by atoms with Crippen molar-refractivity contribution in [2.24, 2.45) is 0 Å². The molecule has 16 heavy (non-hydrogen) atoms. The molecule has 86 valence electrons. The fraction of sp³-hybridized carbons (Fsp3) is 0.400. The number of nitrogens with zero attached hydrogens (tertiary/aromatic N) is 1. The van der Waals surface area contributed by atoms with Gasteiger partial charge < -0.3 is 15.6 Å². The molecule has 2 heterocycles. The van der Waals surface area contributed by atoms with Gasteiger partial charge in [-0.2, -0.15) is 0 Å². The summed E-state index contributed by atoms with van der Waals surface area (Å²) in [6.45, 7) is 2.56. The maximum Gasteiger partial charge on any atom is 0.271 e. The van der Waals surface area contributed by atoms with Gasteiger partial charge in [-0.15, -0.1) is 0 Å². The van der Waals surface area contributed by atoms with Crippen LogP contribution in [0.15, 0.2) is 22.8 Å². The number of hydrogen-bond donors (Lipinski definition) is 3. The Bertz CT molecular complexity index is 454. The molecule has 6 heteroatoms. The summed E-state index contributed by atoms with van der Waals surface area (Å²) in [6, 6.07) is 0. The van der Waals surface area contributed by atoms with Crippen LogP contribution in [0.25, 0.3) is 0 Å². The van der Waals surface area contributed by atoms with Crippen LogP contribution in [0.1, 0.15) is 6.42 Å². The number of nitrogens with one attached hydrogen (secondary N) is 3. The van der Waals surface area contributed by atoms with Crippen LogP contribution in [0.3, 0.4) is 0 Å². The highest BCUT2D eigenvalue weighted by Gasteiger charge is 2.07. The molecule has 0 radical (unpaired) electrons. The van der Waals surface area contributed by atoms with Crippen molar-refractivity contribution >= 4 is 17.4 Å². The maximum atomic E-state index is 11.2. The van der Waals surface area contributed by atoms with Gasteiger partial charge in [-0.3, -0.25) is 4.79 Å².